The number of hydrogen-bond acceptors (Lipinski definition) is 4. The van der Waals surface area contributed by atoms with Crippen molar-refractivity contribution in [3.05, 3.63) is 18.2 Å². The second-order valence-electron chi connectivity index (χ2n) is 5.85. The van der Waals surface area contributed by atoms with Gasteiger partial charge >= 0.3 is 0 Å². The predicted octanol–water partition coefficient (Wildman–Crippen LogP) is 2.68. The molecular weight excluding hydrogens is 282 g/mol. The van der Waals surface area contributed by atoms with Gasteiger partial charge in [0.2, 0.25) is 0 Å². The van der Waals surface area contributed by atoms with Crippen LogP contribution in [0.25, 0.3) is 0 Å². The van der Waals surface area contributed by atoms with Gasteiger partial charge in [0.15, 0.2) is 18.1 Å². The number of hydrogen-bond donors (Lipinski definition) is 1. The molecule has 1 heterocycles. The molecule has 0 radical (unpaired) electrons. The SMILES string of the molecule is O=C(COc1ccc2c(c1)OCCO2)NC1CCCCCC1. The lowest BCUT2D eigenvalue weighted by atomic mass is 10.1. The smallest absolute Gasteiger partial charge is 0.258 e. The number of fused-ring (bicyclic) bond motifs is 1. The molecule has 1 aliphatic carbocycles. The molecule has 0 aromatic heterocycles. The van der Waals surface area contributed by atoms with Crippen molar-refractivity contribution in [2.75, 3.05) is 19.8 Å². The van der Waals surface area contributed by atoms with Crippen LogP contribution in [0.5, 0.6) is 17.2 Å². The molecule has 5 heteroatoms. The summed E-state index contributed by atoms with van der Waals surface area (Å²) in [5.41, 5.74) is 0. The van der Waals surface area contributed by atoms with E-state index in [0.717, 1.165) is 18.6 Å². The Morgan fingerprint density at radius 1 is 1.09 bits per heavy atom. The van der Waals surface area contributed by atoms with Crippen molar-refractivity contribution in [3.63, 3.8) is 0 Å². The third kappa shape index (κ3) is 4.06. The summed E-state index contributed by atoms with van der Waals surface area (Å²) in [4.78, 5) is 12.0. The van der Waals surface area contributed by atoms with Crippen molar-refractivity contribution in [2.45, 2.75) is 44.6 Å². The number of amides is 1. The number of carbonyl (C=O) groups is 1. The molecule has 3 rings (SSSR count). The van der Waals surface area contributed by atoms with Gasteiger partial charge in [-0.1, -0.05) is 25.7 Å². The maximum absolute atomic E-state index is 12.0. The van der Waals surface area contributed by atoms with Crippen LogP contribution in [0.1, 0.15) is 38.5 Å². The zero-order valence-electron chi connectivity index (χ0n) is 12.8. The van der Waals surface area contributed by atoms with Crippen LogP contribution >= 0.6 is 0 Å². The van der Waals surface area contributed by atoms with Gasteiger partial charge in [-0.3, -0.25) is 4.79 Å². The number of carbonyl (C=O) groups excluding carboxylic acids is 1. The van der Waals surface area contributed by atoms with E-state index in [9.17, 15) is 4.79 Å². The highest BCUT2D eigenvalue weighted by molar-refractivity contribution is 5.77. The number of rotatable bonds is 4. The fraction of sp³-hybridized carbons (Fsp3) is 0.588. The maximum atomic E-state index is 12.0. The van der Waals surface area contributed by atoms with Crippen LogP contribution in [0.15, 0.2) is 18.2 Å². The van der Waals surface area contributed by atoms with E-state index in [2.05, 4.69) is 5.32 Å². The molecular formula is C17H23NO4. The number of benzene rings is 1. The minimum Gasteiger partial charge on any atom is -0.486 e. The molecule has 5 nitrogen and oxygen atoms in total. The Hall–Kier alpha value is -1.91. The van der Waals surface area contributed by atoms with Gasteiger partial charge < -0.3 is 19.5 Å². The van der Waals surface area contributed by atoms with Crippen molar-refractivity contribution in [1.29, 1.82) is 0 Å². The summed E-state index contributed by atoms with van der Waals surface area (Å²) in [5.74, 6) is 1.97. The van der Waals surface area contributed by atoms with Crippen molar-refractivity contribution in [3.8, 4) is 17.2 Å². The van der Waals surface area contributed by atoms with E-state index in [4.69, 9.17) is 14.2 Å². The average molecular weight is 305 g/mol. The quantitative estimate of drug-likeness (QED) is 0.869. The summed E-state index contributed by atoms with van der Waals surface area (Å²) >= 11 is 0. The highest BCUT2D eigenvalue weighted by atomic mass is 16.6. The van der Waals surface area contributed by atoms with Gasteiger partial charge in [-0.05, 0) is 25.0 Å². The van der Waals surface area contributed by atoms with E-state index < -0.39 is 0 Å². The standard InChI is InChI=1S/C17H23NO4/c19-17(18-13-5-3-1-2-4-6-13)12-22-14-7-8-15-16(11-14)21-10-9-20-15/h7-8,11,13H,1-6,9-10,12H2,(H,18,19). The molecule has 1 amide bonds. The zero-order chi connectivity index (χ0) is 15.2. The summed E-state index contributed by atoms with van der Waals surface area (Å²) in [7, 11) is 0. The van der Waals surface area contributed by atoms with Gasteiger partial charge in [0.25, 0.3) is 5.91 Å². The summed E-state index contributed by atoms with van der Waals surface area (Å²) in [6, 6.07) is 5.69. The van der Waals surface area contributed by atoms with Crippen molar-refractivity contribution >= 4 is 5.91 Å². The van der Waals surface area contributed by atoms with Crippen LogP contribution in [0.3, 0.4) is 0 Å². The van der Waals surface area contributed by atoms with E-state index >= 15 is 0 Å². The summed E-state index contributed by atoms with van der Waals surface area (Å²) in [6.07, 6.45) is 7.12. The van der Waals surface area contributed by atoms with Gasteiger partial charge in [0.05, 0.1) is 0 Å². The Labute approximate surface area is 130 Å². The molecule has 22 heavy (non-hydrogen) atoms. The van der Waals surface area contributed by atoms with Crippen LogP contribution in [0.2, 0.25) is 0 Å². The zero-order valence-corrected chi connectivity index (χ0v) is 12.8. The normalized spacial score (nSPS) is 18.4. The molecule has 2 aliphatic rings. The second kappa shape index (κ2) is 7.38. The van der Waals surface area contributed by atoms with Crippen LogP contribution in [-0.2, 0) is 4.79 Å². The molecule has 1 N–H and O–H groups in total. The average Bonchev–Trinajstić information content (AvgIpc) is 2.81. The first-order chi connectivity index (χ1) is 10.8. The first-order valence-electron chi connectivity index (χ1n) is 8.13. The lowest BCUT2D eigenvalue weighted by Gasteiger charge is -2.19. The third-order valence-corrected chi connectivity index (χ3v) is 4.10. The van der Waals surface area contributed by atoms with E-state index in [1.807, 2.05) is 6.07 Å². The Balaban J connectivity index is 1.48. The Morgan fingerprint density at radius 3 is 2.59 bits per heavy atom. The van der Waals surface area contributed by atoms with Gasteiger partial charge in [0, 0.05) is 12.1 Å². The number of nitrogens with one attached hydrogen (secondary N) is 1. The first kappa shape index (κ1) is 15.0. The van der Waals surface area contributed by atoms with Gasteiger partial charge in [-0.2, -0.15) is 0 Å². The largest absolute Gasteiger partial charge is 0.486 e. The molecule has 1 saturated carbocycles. The van der Waals surface area contributed by atoms with Crippen LogP contribution in [0.4, 0.5) is 0 Å². The first-order valence-corrected chi connectivity index (χ1v) is 8.13. The topological polar surface area (TPSA) is 56.8 Å². The molecule has 0 bridgehead atoms. The van der Waals surface area contributed by atoms with E-state index in [1.54, 1.807) is 12.1 Å². The van der Waals surface area contributed by atoms with Crippen molar-refractivity contribution < 1.29 is 19.0 Å². The van der Waals surface area contributed by atoms with Crippen molar-refractivity contribution in [1.82, 2.24) is 5.32 Å². The molecule has 1 fully saturated rings. The predicted molar refractivity (Wildman–Crippen MR) is 82.6 cm³/mol. The molecule has 0 atom stereocenters. The van der Waals surface area contributed by atoms with Crippen LogP contribution < -0.4 is 19.5 Å². The molecule has 0 saturated heterocycles. The van der Waals surface area contributed by atoms with Gasteiger partial charge in [-0.15, -0.1) is 0 Å². The molecule has 1 aromatic rings. The van der Waals surface area contributed by atoms with Crippen molar-refractivity contribution in [2.24, 2.45) is 0 Å². The Kier molecular flexibility index (Phi) is 5.03. The molecule has 120 valence electrons. The minimum absolute atomic E-state index is 0.0378. The fourth-order valence-corrected chi connectivity index (χ4v) is 2.96. The van der Waals surface area contributed by atoms with E-state index in [1.165, 1.54) is 25.7 Å². The maximum Gasteiger partial charge on any atom is 0.258 e. The fourth-order valence-electron chi connectivity index (χ4n) is 2.96. The monoisotopic (exact) mass is 305 g/mol. The minimum atomic E-state index is -0.0539. The lowest BCUT2D eigenvalue weighted by molar-refractivity contribution is -0.123. The highest BCUT2D eigenvalue weighted by Crippen LogP contribution is 2.33. The number of ether oxygens (including phenoxy) is 3. The molecule has 1 aliphatic heterocycles. The molecule has 1 aromatic carbocycles. The van der Waals surface area contributed by atoms with Crippen LogP contribution in [-0.4, -0.2) is 31.8 Å². The third-order valence-electron chi connectivity index (χ3n) is 4.10. The van der Waals surface area contributed by atoms with Gasteiger partial charge in [0.1, 0.15) is 19.0 Å². The van der Waals surface area contributed by atoms with E-state index in [-0.39, 0.29) is 12.5 Å². The Morgan fingerprint density at radius 2 is 1.82 bits per heavy atom. The van der Waals surface area contributed by atoms with Crippen LogP contribution in [0, 0.1) is 0 Å². The lowest BCUT2D eigenvalue weighted by Crippen LogP contribution is -2.37. The summed E-state index contributed by atoms with van der Waals surface area (Å²) < 4.78 is 16.5. The Bertz CT molecular complexity index is 509. The molecule has 0 unspecified atom stereocenters. The summed E-state index contributed by atoms with van der Waals surface area (Å²) in [5, 5.41) is 3.07. The highest BCUT2D eigenvalue weighted by Gasteiger charge is 2.16. The second-order valence-corrected chi connectivity index (χ2v) is 5.85. The van der Waals surface area contributed by atoms with E-state index in [0.29, 0.717) is 30.8 Å². The molecule has 0 spiro atoms. The summed E-state index contributed by atoms with van der Waals surface area (Å²) in [6.45, 7) is 1.14. The van der Waals surface area contributed by atoms with Gasteiger partial charge in [-0.25, -0.2) is 0 Å².